The summed E-state index contributed by atoms with van der Waals surface area (Å²) in [5, 5.41) is 4.45. The lowest BCUT2D eigenvalue weighted by Crippen LogP contribution is -2.34. The molecule has 1 aliphatic heterocycles. The lowest BCUT2D eigenvalue weighted by Gasteiger charge is -2.26. The molecule has 1 heterocycles. The molecule has 0 spiro atoms. The summed E-state index contributed by atoms with van der Waals surface area (Å²) in [6.45, 7) is 5.64. The van der Waals surface area contributed by atoms with Crippen LogP contribution in [0.1, 0.15) is 38.3 Å². The average molecular weight is 270 g/mol. The maximum atomic E-state index is 6.01. The van der Waals surface area contributed by atoms with Gasteiger partial charge in [0.15, 0.2) is 0 Å². The standard InChI is InChI=1S/C14H20ClNS/c1-11(12-5-3-6-13(15)9-12)16-10-14(2)7-4-8-17-14/h3,5-6,9,11,16H,4,7-8,10H2,1-2H3. The van der Waals surface area contributed by atoms with Crippen LogP contribution in [0.4, 0.5) is 0 Å². The zero-order valence-corrected chi connectivity index (χ0v) is 12.1. The minimum atomic E-state index is 0.367. The molecule has 2 atom stereocenters. The highest BCUT2D eigenvalue weighted by Crippen LogP contribution is 2.37. The molecule has 3 heteroatoms. The molecule has 1 fully saturated rings. The molecule has 1 aromatic carbocycles. The van der Waals surface area contributed by atoms with Crippen molar-refractivity contribution >= 4 is 23.4 Å². The fourth-order valence-corrected chi connectivity index (χ4v) is 3.69. The Morgan fingerprint density at radius 1 is 1.53 bits per heavy atom. The minimum absolute atomic E-state index is 0.367. The van der Waals surface area contributed by atoms with Crippen LogP contribution in [0.3, 0.4) is 0 Å². The zero-order chi connectivity index (χ0) is 12.3. The van der Waals surface area contributed by atoms with Gasteiger partial charge in [0.2, 0.25) is 0 Å². The van der Waals surface area contributed by atoms with Gasteiger partial charge in [-0.1, -0.05) is 23.7 Å². The lowest BCUT2D eigenvalue weighted by atomic mass is 10.0. The van der Waals surface area contributed by atoms with Crippen molar-refractivity contribution in [2.45, 2.75) is 37.5 Å². The molecule has 0 bridgehead atoms. The summed E-state index contributed by atoms with van der Waals surface area (Å²) < 4.78 is 0.423. The molecule has 2 unspecified atom stereocenters. The predicted octanol–water partition coefficient (Wildman–Crippen LogP) is 4.28. The van der Waals surface area contributed by atoms with E-state index in [4.69, 9.17) is 11.6 Å². The van der Waals surface area contributed by atoms with Crippen LogP contribution in [-0.4, -0.2) is 17.0 Å². The smallest absolute Gasteiger partial charge is 0.0409 e. The molecule has 0 amide bonds. The molecule has 2 rings (SSSR count). The first kappa shape index (κ1) is 13.3. The maximum absolute atomic E-state index is 6.01. The van der Waals surface area contributed by atoms with Crippen molar-refractivity contribution in [1.82, 2.24) is 5.32 Å². The summed E-state index contributed by atoms with van der Waals surface area (Å²) in [5.41, 5.74) is 1.27. The Kier molecular flexibility index (Phi) is 4.40. The van der Waals surface area contributed by atoms with Crippen LogP contribution >= 0.6 is 23.4 Å². The second kappa shape index (κ2) is 5.64. The summed E-state index contributed by atoms with van der Waals surface area (Å²) in [6, 6.07) is 8.48. The third-order valence-corrected chi connectivity index (χ3v) is 5.20. The topological polar surface area (TPSA) is 12.0 Å². The van der Waals surface area contributed by atoms with Crippen molar-refractivity contribution in [3.05, 3.63) is 34.9 Å². The SMILES string of the molecule is CC(NCC1(C)CCCS1)c1cccc(Cl)c1. The van der Waals surface area contributed by atoms with Crippen molar-refractivity contribution in [3.63, 3.8) is 0 Å². The van der Waals surface area contributed by atoms with Gasteiger partial charge in [-0.25, -0.2) is 0 Å². The van der Waals surface area contributed by atoms with Crippen LogP contribution in [0, 0.1) is 0 Å². The van der Waals surface area contributed by atoms with E-state index in [-0.39, 0.29) is 0 Å². The van der Waals surface area contributed by atoms with E-state index in [1.165, 1.54) is 24.2 Å². The normalized spacial score (nSPS) is 26.1. The molecule has 0 aromatic heterocycles. The van der Waals surface area contributed by atoms with Crippen LogP contribution in [0.5, 0.6) is 0 Å². The third-order valence-electron chi connectivity index (χ3n) is 3.43. The highest BCUT2D eigenvalue weighted by atomic mass is 35.5. The van der Waals surface area contributed by atoms with Gasteiger partial charge in [0, 0.05) is 22.4 Å². The van der Waals surface area contributed by atoms with E-state index >= 15 is 0 Å². The van der Waals surface area contributed by atoms with Crippen LogP contribution in [0.15, 0.2) is 24.3 Å². The molecule has 1 nitrogen and oxygen atoms in total. The van der Waals surface area contributed by atoms with Crippen molar-refractivity contribution in [2.75, 3.05) is 12.3 Å². The van der Waals surface area contributed by atoms with Crippen LogP contribution in [0.25, 0.3) is 0 Å². The Bertz CT molecular complexity index is 374. The summed E-state index contributed by atoms with van der Waals surface area (Å²) in [6.07, 6.45) is 2.68. The van der Waals surface area contributed by atoms with Gasteiger partial charge < -0.3 is 5.32 Å². The zero-order valence-electron chi connectivity index (χ0n) is 10.5. The molecule has 94 valence electrons. The Morgan fingerprint density at radius 3 is 3.00 bits per heavy atom. The molecular weight excluding hydrogens is 250 g/mol. The fraction of sp³-hybridized carbons (Fsp3) is 0.571. The van der Waals surface area contributed by atoms with E-state index in [9.17, 15) is 0 Å². The van der Waals surface area contributed by atoms with Gasteiger partial charge in [-0.2, -0.15) is 11.8 Å². The van der Waals surface area contributed by atoms with Crippen molar-refractivity contribution in [3.8, 4) is 0 Å². The van der Waals surface area contributed by atoms with Crippen molar-refractivity contribution in [2.24, 2.45) is 0 Å². The number of hydrogen-bond donors (Lipinski definition) is 1. The van der Waals surface area contributed by atoms with Gasteiger partial charge >= 0.3 is 0 Å². The number of nitrogens with one attached hydrogen (secondary N) is 1. The quantitative estimate of drug-likeness (QED) is 0.876. The van der Waals surface area contributed by atoms with Crippen molar-refractivity contribution < 1.29 is 0 Å². The highest BCUT2D eigenvalue weighted by molar-refractivity contribution is 8.00. The van der Waals surface area contributed by atoms with Gasteiger partial charge in [-0.3, -0.25) is 0 Å². The van der Waals surface area contributed by atoms with Gasteiger partial charge in [-0.05, 0) is 50.1 Å². The third kappa shape index (κ3) is 3.64. The van der Waals surface area contributed by atoms with E-state index in [2.05, 4.69) is 37.0 Å². The number of hydrogen-bond acceptors (Lipinski definition) is 2. The molecule has 0 saturated carbocycles. The summed E-state index contributed by atoms with van der Waals surface area (Å²) in [5.74, 6) is 1.31. The van der Waals surface area contributed by atoms with E-state index < -0.39 is 0 Å². The van der Waals surface area contributed by atoms with Gasteiger partial charge in [0.25, 0.3) is 0 Å². The number of rotatable bonds is 4. The molecule has 1 aliphatic rings. The van der Waals surface area contributed by atoms with E-state index in [0.717, 1.165) is 11.6 Å². The fourth-order valence-electron chi connectivity index (χ4n) is 2.24. The molecule has 0 aliphatic carbocycles. The van der Waals surface area contributed by atoms with E-state index in [1.54, 1.807) is 0 Å². The molecule has 1 aromatic rings. The first-order chi connectivity index (χ1) is 8.09. The molecule has 0 radical (unpaired) electrons. The van der Waals surface area contributed by atoms with Gasteiger partial charge in [0.05, 0.1) is 0 Å². The summed E-state index contributed by atoms with van der Waals surface area (Å²) in [4.78, 5) is 0. The van der Waals surface area contributed by atoms with E-state index in [1.807, 2.05) is 18.2 Å². The van der Waals surface area contributed by atoms with E-state index in [0.29, 0.717) is 10.8 Å². The first-order valence-electron chi connectivity index (χ1n) is 6.22. The minimum Gasteiger partial charge on any atom is -0.309 e. The van der Waals surface area contributed by atoms with Crippen molar-refractivity contribution in [1.29, 1.82) is 0 Å². The number of benzene rings is 1. The number of thioether (sulfide) groups is 1. The second-order valence-electron chi connectivity index (χ2n) is 5.06. The Balaban J connectivity index is 1.91. The first-order valence-corrected chi connectivity index (χ1v) is 7.58. The monoisotopic (exact) mass is 269 g/mol. The second-order valence-corrected chi connectivity index (χ2v) is 7.18. The van der Waals surface area contributed by atoms with Crippen LogP contribution in [-0.2, 0) is 0 Å². The van der Waals surface area contributed by atoms with Gasteiger partial charge in [0.1, 0.15) is 0 Å². The van der Waals surface area contributed by atoms with Crippen LogP contribution in [0.2, 0.25) is 5.02 Å². The lowest BCUT2D eigenvalue weighted by molar-refractivity contribution is 0.490. The Labute approximate surface area is 113 Å². The summed E-state index contributed by atoms with van der Waals surface area (Å²) in [7, 11) is 0. The largest absolute Gasteiger partial charge is 0.309 e. The molecule has 1 N–H and O–H groups in total. The Morgan fingerprint density at radius 2 is 2.35 bits per heavy atom. The summed E-state index contributed by atoms with van der Waals surface area (Å²) >= 11 is 8.11. The Hall–Kier alpha value is -0.180. The highest BCUT2D eigenvalue weighted by Gasteiger charge is 2.29. The maximum Gasteiger partial charge on any atom is 0.0409 e. The predicted molar refractivity (Wildman–Crippen MR) is 78.0 cm³/mol. The van der Waals surface area contributed by atoms with Gasteiger partial charge in [-0.15, -0.1) is 0 Å². The molecular formula is C14H20ClNS. The molecule has 17 heavy (non-hydrogen) atoms. The van der Waals surface area contributed by atoms with Crippen LogP contribution < -0.4 is 5.32 Å². The number of halogens is 1. The molecule has 1 saturated heterocycles. The average Bonchev–Trinajstić information content (AvgIpc) is 2.74.